The molecule has 0 radical (unpaired) electrons. The Morgan fingerprint density at radius 2 is 2.00 bits per heavy atom. The molecule has 0 bridgehead atoms. The van der Waals surface area contributed by atoms with Crippen LogP contribution < -0.4 is 10.6 Å². The first kappa shape index (κ1) is 22.4. The number of aromatic nitrogens is 5. The zero-order valence-electron chi connectivity index (χ0n) is 16.0. The number of guanidine groups is 1. The summed E-state index contributed by atoms with van der Waals surface area (Å²) in [6.45, 7) is 10.5. The van der Waals surface area contributed by atoms with E-state index in [1.54, 1.807) is 6.33 Å². The second kappa shape index (κ2) is 12.7. The molecule has 0 aliphatic carbocycles. The van der Waals surface area contributed by atoms with Gasteiger partial charge in [-0.25, -0.2) is 4.98 Å². The van der Waals surface area contributed by atoms with Crippen LogP contribution >= 0.6 is 24.0 Å². The lowest BCUT2D eigenvalue weighted by Gasteiger charge is -2.12. The highest BCUT2D eigenvalue weighted by Gasteiger charge is 2.02. The number of hydrogen-bond acceptors (Lipinski definition) is 4. The van der Waals surface area contributed by atoms with Crippen LogP contribution in [0.3, 0.4) is 0 Å². The maximum absolute atomic E-state index is 4.65. The van der Waals surface area contributed by atoms with E-state index in [-0.39, 0.29) is 24.0 Å². The van der Waals surface area contributed by atoms with Crippen molar-refractivity contribution < 1.29 is 0 Å². The van der Waals surface area contributed by atoms with Gasteiger partial charge in [0, 0.05) is 51.5 Å². The van der Waals surface area contributed by atoms with Crippen LogP contribution in [-0.4, -0.2) is 49.9 Å². The van der Waals surface area contributed by atoms with Crippen molar-refractivity contribution in [3.63, 3.8) is 0 Å². The Morgan fingerprint density at radius 1 is 1.15 bits per heavy atom. The lowest BCUT2D eigenvalue weighted by Crippen LogP contribution is -2.39. The van der Waals surface area contributed by atoms with E-state index < -0.39 is 0 Å². The molecule has 0 saturated heterocycles. The Balaban J connectivity index is 0.00000338. The fourth-order valence-corrected chi connectivity index (χ4v) is 2.60. The predicted octanol–water partition coefficient (Wildman–Crippen LogP) is 2.00. The van der Waals surface area contributed by atoms with Gasteiger partial charge in [0.25, 0.3) is 0 Å². The van der Waals surface area contributed by atoms with E-state index in [2.05, 4.69) is 53.8 Å². The van der Waals surface area contributed by atoms with Gasteiger partial charge in [-0.1, -0.05) is 6.92 Å². The van der Waals surface area contributed by atoms with Gasteiger partial charge in [-0.05, 0) is 26.7 Å². The van der Waals surface area contributed by atoms with Gasteiger partial charge in [0.1, 0.15) is 18.0 Å². The van der Waals surface area contributed by atoms with E-state index in [0.717, 1.165) is 69.6 Å². The van der Waals surface area contributed by atoms with Gasteiger partial charge < -0.3 is 19.8 Å². The Kier molecular flexibility index (Phi) is 10.9. The minimum absolute atomic E-state index is 0. The van der Waals surface area contributed by atoms with Crippen LogP contribution in [0.25, 0.3) is 0 Å². The second-order valence-corrected chi connectivity index (χ2v) is 5.86. The van der Waals surface area contributed by atoms with Crippen LogP contribution in [0.4, 0.5) is 0 Å². The largest absolute Gasteiger partial charge is 0.357 e. The van der Waals surface area contributed by atoms with Gasteiger partial charge in [-0.15, -0.1) is 34.2 Å². The van der Waals surface area contributed by atoms with Crippen molar-refractivity contribution in [1.29, 1.82) is 0 Å². The van der Waals surface area contributed by atoms with Crippen molar-refractivity contribution in [3.05, 3.63) is 30.4 Å². The number of aryl methyl sites for hydroxylation is 3. The van der Waals surface area contributed by atoms with Crippen LogP contribution in [0.15, 0.2) is 23.7 Å². The molecule has 9 heteroatoms. The first-order valence-electron chi connectivity index (χ1n) is 9.11. The second-order valence-electron chi connectivity index (χ2n) is 5.86. The first-order chi connectivity index (χ1) is 12.2. The zero-order valence-corrected chi connectivity index (χ0v) is 18.3. The number of halogens is 1. The monoisotopic (exact) mass is 474 g/mol. The van der Waals surface area contributed by atoms with Gasteiger partial charge in [0.15, 0.2) is 5.96 Å². The number of nitrogens with one attached hydrogen (secondary N) is 2. The molecule has 0 amide bonds. The molecule has 146 valence electrons. The summed E-state index contributed by atoms with van der Waals surface area (Å²) in [4.78, 5) is 8.88. The summed E-state index contributed by atoms with van der Waals surface area (Å²) in [6.07, 6.45) is 8.70. The standard InChI is InChI=1S/C17H30N8.HI/c1-4-16-23-22-14-25(16)13-10-21-17(18-5-2)20-8-6-7-11-24-12-9-19-15(24)3;/h9,12,14H,4-8,10-11,13H2,1-3H3,(H2,18,20,21);1H. The lowest BCUT2D eigenvalue weighted by molar-refractivity contribution is 0.598. The molecule has 0 fully saturated rings. The molecule has 2 aromatic heterocycles. The molecular formula is C17H31IN8. The molecule has 2 N–H and O–H groups in total. The third-order valence-electron chi connectivity index (χ3n) is 4.00. The van der Waals surface area contributed by atoms with Gasteiger partial charge in [-0.3, -0.25) is 4.99 Å². The Labute approximate surface area is 172 Å². The summed E-state index contributed by atoms with van der Waals surface area (Å²) in [5, 5.41) is 14.7. The number of nitrogens with zero attached hydrogens (tertiary/aromatic N) is 6. The molecule has 0 unspecified atom stereocenters. The number of hydrogen-bond donors (Lipinski definition) is 2. The van der Waals surface area contributed by atoms with Crippen LogP contribution in [0, 0.1) is 6.92 Å². The van der Waals surface area contributed by atoms with Crippen molar-refractivity contribution in [2.45, 2.75) is 53.1 Å². The smallest absolute Gasteiger partial charge is 0.191 e. The highest BCUT2D eigenvalue weighted by atomic mass is 127. The Bertz CT molecular complexity index is 649. The van der Waals surface area contributed by atoms with E-state index in [0.29, 0.717) is 0 Å². The summed E-state index contributed by atoms with van der Waals surface area (Å²) in [5.74, 6) is 2.95. The van der Waals surface area contributed by atoms with E-state index >= 15 is 0 Å². The lowest BCUT2D eigenvalue weighted by atomic mass is 10.3. The number of aliphatic imine (C=N–C) groups is 1. The molecule has 8 nitrogen and oxygen atoms in total. The van der Waals surface area contributed by atoms with Crippen LogP contribution in [0.1, 0.15) is 38.3 Å². The molecule has 2 rings (SSSR count). The Hall–Kier alpha value is -1.65. The molecular weight excluding hydrogens is 443 g/mol. The predicted molar refractivity (Wildman–Crippen MR) is 115 cm³/mol. The minimum Gasteiger partial charge on any atom is -0.357 e. The maximum atomic E-state index is 4.65. The first-order valence-corrected chi connectivity index (χ1v) is 9.11. The topological polar surface area (TPSA) is 85.0 Å². The van der Waals surface area contributed by atoms with Gasteiger partial charge in [-0.2, -0.15) is 0 Å². The number of imidazole rings is 1. The summed E-state index contributed by atoms with van der Waals surface area (Å²) in [5.41, 5.74) is 0. The molecule has 2 aromatic rings. The van der Waals surface area contributed by atoms with Crippen molar-refractivity contribution >= 4 is 29.9 Å². The van der Waals surface area contributed by atoms with Crippen LogP contribution in [0.5, 0.6) is 0 Å². The molecule has 0 spiro atoms. The zero-order chi connectivity index (χ0) is 17.9. The third kappa shape index (κ3) is 7.30. The summed E-state index contributed by atoms with van der Waals surface area (Å²) in [7, 11) is 0. The summed E-state index contributed by atoms with van der Waals surface area (Å²) in [6, 6.07) is 0. The molecule has 0 aliphatic rings. The average Bonchev–Trinajstić information content (AvgIpc) is 3.23. The molecule has 0 saturated carbocycles. The van der Waals surface area contributed by atoms with E-state index in [9.17, 15) is 0 Å². The Morgan fingerprint density at radius 3 is 2.69 bits per heavy atom. The van der Waals surface area contributed by atoms with Crippen molar-refractivity contribution in [1.82, 2.24) is 34.9 Å². The van der Waals surface area contributed by atoms with Gasteiger partial charge in [0.2, 0.25) is 0 Å². The summed E-state index contributed by atoms with van der Waals surface area (Å²) < 4.78 is 4.25. The van der Waals surface area contributed by atoms with Gasteiger partial charge >= 0.3 is 0 Å². The highest BCUT2D eigenvalue weighted by molar-refractivity contribution is 14.0. The van der Waals surface area contributed by atoms with Crippen molar-refractivity contribution in [2.75, 3.05) is 19.6 Å². The normalized spacial score (nSPS) is 11.3. The molecule has 2 heterocycles. The number of unbranched alkanes of at least 4 members (excludes halogenated alkanes) is 1. The quantitative estimate of drug-likeness (QED) is 0.238. The van der Waals surface area contributed by atoms with E-state index in [4.69, 9.17) is 0 Å². The van der Waals surface area contributed by atoms with Crippen molar-refractivity contribution in [2.24, 2.45) is 4.99 Å². The SMILES string of the molecule is CCNC(=NCCCCn1ccnc1C)NCCn1cnnc1CC.I. The number of rotatable bonds is 10. The summed E-state index contributed by atoms with van der Waals surface area (Å²) >= 11 is 0. The average molecular weight is 474 g/mol. The highest BCUT2D eigenvalue weighted by Crippen LogP contribution is 2.00. The molecule has 26 heavy (non-hydrogen) atoms. The van der Waals surface area contributed by atoms with Crippen molar-refractivity contribution in [3.8, 4) is 0 Å². The third-order valence-corrected chi connectivity index (χ3v) is 4.00. The molecule has 0 aliphatic heterocycles. The molecule has 0 atom stereocenters. The van der Waals surface area contributed by atoms with Crippen LogP contribution in [-0.2, 0) is 19.5 Å². The van der Waals surface area contributed by atoms with Gasteiger partial charge in [0.05, 0.1) is 0 Å². The fourth-order valence-electron chi connectivity index (χ4n) is 2.60. The molecule has 0 aromatic carbocycles. The minimum atomic E-state index is 0. The van der Waals surface area contributed by atoms with E-state index in [1.807, 2.05) is 19.3 Å². The van der Waals surface area contributed by atoms with Crippen LogP contribution in [0.2, 0.25) is 0 Å². The fraction of sp³-hybridized carbons (Fsp3) is 0.647. The maximum Gasteiger partial charge on any atom is 0.191 e. The van der Waals surface area contributed by atoms with E-state index in [1.165, 1.54) is 0 Å².